The predicted octanol–water partition coefficient (Wildman–Crippen LogP) is 3.65. The van der Waals surface area contributed by atoms with Crippen molar-refractivity contribution in [2.24, 2.45) is 0 Å². The molecule has 1 N–H and O–H groups in total. The Balaban J connectivity index is 1.85. The average molecular weight is 267 g/mol. The fourth-order valence-electron chi connectivity index (χ4n) is 2.25. The third-order valence-electron chi connectivity index (χ3n) is 3.29. The summed E-state index contributed by atoms with van der Waals surface area (Å²) in [7, 11) is 0. The molecule has 0 aliphatic rings. The topological polar surface area (TPSA) is 33.1 Å². The molecule has 1 heterocycles. The highest BCUT2D eigenvalue weighted by Crippen LogP contribution is 2.20. The van der Waals surface area contributed by atoms with Crippen molar-refractivity contribution in [3.63, 3.8) is 0 Å². The third-order valence-corrected chi connectivity index (χ3v) is 3.29. The Bertz CT molecular complexity index is 742. The molecule has 1 atom stereocenters. The number of halogens is 1. The van der Waals surface area contributed by atoms with E-state index in [0.29, 0.717) is 12.0 Å². The molecule has 1 unspecified atom stereocenters. The van der Waals surface area contributed by atoms with E-state index in [1.807, 2.05) is 36.4 Å². The first-order chi connectivity index (χ1) is 9.72. The molecule has 3 aromatic rings. The van der Waals surface area contributed by atoms with Crippen LogP contribution in [0.15, 0.2) is 60.7 Å². The van der Waals surface area contributed by atoms with Crippen LogP contribution >= 0.6 is 0 Å². The lowest BCUT2D eigenvalue weighted by Gasteiger charge is -2.11. The van der Waals surface area contributed by atoms with E-state index in [9.17, 15) is 9.50 Å². The lowest BCUT2D eigenvalue weighted by atomic mass is 10.0. The quantitative estimate of drug-likeness (QED) is 0.785. The van der Waals surface area contributed by atoms with E-state index in [4.69, 9.17) is 0 Å². The molecule has 20 heavy (non-hydrogen) atoms. The number of aliphatic hydroxyl groups excluding tert-OH is 1. The van der Waals surface area contributed by atoms with Gasteiger partial charge in [0.2, 0.25) is 0 Å². The van der Waals surface area contributed by atoms with Gasteiger partial charge in [0.15, 0.2) is 0 Å². The van der Waals surface area contributed by atoms with Crippen molar-refractivity contribution in [1.82, 2.24) is 4.98 Å². The minimum atomic E-state index is -0.751. The highest BCUT2D eigenvalue weighted by Gasteiger charge is 2.10. The summed E-state index contributed by atoms with van der Waals surface area (Å²) in [6.45, 7) is 0. The van der Waals surface area contributed by atoms with Gasteiger partial charge in [0.05, 0.1) is 11.6 Å². The van der Waals surface area contributed by atoms with Crippen molar-refractivity contribution < 1.29 is 9.50 Å². The number of benzene rings is 2. The van der Waals surface area contributed by atoms with Crippen LogP contribution in [0.5, 0.6) is 0 Å². The zero-order valence-electron chi connectivity index (χ0n) is 10.8. The standard InChI is InChI=1S/C17H14FNO/c18-14-6-3-5-13(10-14)17(20)11-15-9-8-12-4-1-2-7-16(12)19-15/h1-10,17,20H,11H2. The molecule has 0 aliphatic carbocycles. The Labute approximate surface area is 116 Å². The van der Waals surface area contributed by atoms with Gasteiger partial charge in [-0.25, -0.2) is 4.39 Å². The van der Waals surface area contributed by atoms with E-state index in [2.05, 4.69) is 4.98 Å². The van der Waals surface area contributed by atoms with E-state index in [-0.39, 0.29) is 5.82 Å². The number of hydrogen-bond donors (Lipinski definition) is 1. The zero-order valence-corrected chi connectivity index (χ0v) is 10.8. The molecule has 3 heteroatoms. The van der Waals surface area contributed by atoms with Crippen LogP contribution in [-0.2, 0) is 6.42 Å². The molecule has 100 valence electrons. The SMILES string of the molecule is OC(Cc1ccc2ccccc2n1)c1cccc(F)c1. The second-order valence-corrected chi connectivity index (χ2v) is 4.77. The van der Waals surface area contributed by atoms with Gasteiger partial charge in [-0.1, -0.05) is 36.4 Å². The molecule has 0 aliphatic heterocycles. The maximum absolute atomic E-state index is 13.1. The Hall–Kier alpha value is -2.26. The predicted molar refractivity (Wildman–Crippen MR) is 76.8 cm³/mol. The minimum Gasteiger partial charge on any atom is -0.388 e. The maximum atomic E-state index is 13.1. The highest BCUT2D eigenvalue weighted by atomic mass is 19.1. The second kappa shape index (κ2) is 5.39. The van der Waals surface area contributed by atoms with Gasteiger partial charge >= 0.3 is 0 Å². The van der Waals surface area contributed by atoms with Gasteiger partial charge in [-0.2, -0.15) is 0 Å². The van der Waals surface area contributed by atoms with Crippen LogP contribution < -0.4 is 0 Å². The lowest BCUT2D eigenvalue weighted by molar-refractivity contribution is 0.177. The van der Waals surface area contributed by atoms with Gasteiger partial charge in [-0.15, -0.1) is 0 Å². The van der Waals surface area contributed by atoms with E-state index < -0.39 is 6.10 Å². The van der Waals surface area contributed by atoms with Crippen molar-refractivity contribution in [2.75, 3.05) is 0 Å². The summed E-state index contributed by atoms with van der Waals surface area (Å²) in [5.41, 5.74) is 2.26. The van der Waals surface area contributed by atoms with Gasteiger partial charge in [-0.3, -0.25) is 4.98 Å². The molecule has 0 radical (unpaired) electrons. The normalized spacial score (nSPS) is 12.5. The number of aliphatic hydroxyl groups is 1. The molecule has 0 saturated carbocycles. The largest absolute Gasteiger partial charge is 0.388 e. The summed E-state index contributed by atoms with van der Waals surface area (Å²) in [4.78, 5) is 4.51. The average Bonchev–Trinajstić information content (AvgIpc) is 2.47. The highest BCUT2D eigenvalue weighted by molar-refractivity contribution is 5.78. The smallest absolute Gasteiger partial charge is 0.123 e. The van der Waals surface area contributed by atoms with Crippen molar-refractivity contribution in [2.45, 2.75) is 12.5 Å². The summed E-state index contributed by atoms with van der Waals surface area (Å²) in [5.74, 6) is -0.340. The third kappa shape index (κ3) is 2.68. The van der Waals surface area contributed by atoms with Crippen LogP contribution in [0.25, 0.3) is 10.9 Å². The maximum Gasteiger partial charge on any atom is 0.123 e. The number of hydrogen-bond acceptors (Lipinski definition) is 2. The number of fused-ring (bicyclic) bond motifs is 1. The Morgan fingerprint density at radius 2 is 1.85 bits per heavy atom. The fraction of sp³-hybridized carbons (Fsp3) is 0.118. The molecule has 0 amide bonds. The van der Waals surface area contributed by atoms with Crippen LogP contribution in [0.4, 0.5) is 4.39 Å². The van der Waals surface area contributed by atoms with Gasteiger partial charge in [0, 0.05) is 17.5 Å². The number of pyridine rings is 1. The molecule has 2 nitrogen and oxygen atoms in total. The Morgan fingerprint density at radius 1 is 1.00 bits per heavy atom. The Kier molecular flexibility index (Phi) is 3.44. The first-order valence-electron chi connectivity index (χ1n) is 6.50. The fourth-order valence-corrected chi connectivity index (χ4v) is 2.25. The molecular weight excluding hydrogens is 253 g/mol. The Morgan fingerprint density at radius 3 is 2.70 bits per heavy atom. The van der Waals surface area contributed by atoms with Gasteiger partial charge in [0.1, 0.15) is 5.82 Å². The zero-order chi connectivity index (χ0) is 13.9. The van der Waals surface area contributed by atoms with Crippen LogP contribution in [0.2, 0.25) is 0 Å². The first-order valence-corrected chi connectivity index (χ1v) is 6.50. The monoisotopic (exact) mass is 267 g/mol. The molecule has 0 saturated heterocycles. The van der Waals surface area contributed by atoms with Crippen LogP contribution in [0, 0.1) is 5.82 Å². The van der Waals surface area contributed by atoms with Crippen molar-refractivity contribution in [3.05, 3.63) is 77.7 Å². The summed E-state index contributed by atoms with van der Waals surface area (Å²) >= 11 is 0. The summed E-state index contributed by atoms with van der Waals surface area (Å²) in [6.07, 6.45) is -0.381. The molecular formula is C17H14FNO. The van der Waals surface area contributed by atoms with Crippen LogP contribution in [0.1, 0.15) is 17.4 Å². The van der Waals surface area contributed by atoms with Crippen molar-refractivity contribution >= 4 is 10.9 Å². The summed E-state index contributed by atoms with van der Waals surface area (Å²) < 4.78 is 13.1. The van der Waals surface area contributed by atoms with Crippen LogP contribution in [-0.4, -0.2) is 10.1 Å². The van der Waals surface area contributed by atoms with Crippen LogP contribution in [0.3, 0.4) is 0 Å². The summed E-state index contributed by atoms with van der Waals surface area (Å²) in [6, 6.07) is 17.7. The number of para-hydroxylation sites is 1. The van der Waals surface area contributed by atoms with Gasteiger partial charge in [0.25, 0.3) is 0 Å². The van der Waals surface area contributed by atoms with E-state index >= 15 is 0 Å². The molecule has 3 rings (SSSR count). The molecule has 2 aromatic carbocycles. The van der Waals surface area contributed by atoms with E-state index in [0.717, 1.165) is 16.6 Å². The van der Waals surface area contributed by atoms with Crippen molar-refractivity contribution in [1.29, 1.82) is 0 Å². The molecule has 0 spiro atoms. The molecule has 0 bridgehead atoms. The number of aromatic nitrogens is 1. The second-order valence-electron chi connectivity index (χ2n) is 4.77. The van der Waals surface area contributed by atoms with Crippen molar-refractivity contribution in [3.8, 4) is 0 Å². The summed E-state index contributed by atoms with van der Waals surface area (Å²) in [5, 5.41) is 11.2. The van der Waals surface area contributed by atoms with Gasteiger partial charge < -0.3 is 5.11 Å². The molecule has 1 aromatic heterocycles. The number of nitrogens with zero attached hydrogens (tertiary/aromatic N) is 1. The molecule has 0 fully saturated rings. The van der Waals surface area contributed by atoms with Gasteiger partial charge in [-0.05, 0) is 29.8 Å². The number of rotatable bonds is 3. The van der Waals surface area contributed by atoms with E-state index in [1.54, 1.807) is 12.1 Å². The minimum absolute atomic E-state index is 0.340. The first kappa shape index (κ1) is 12.8. The van der Waals surface area contributed by atoms with E-state index in [1.165, 1.54) is 12.1 Å². The lowest BCUT2D eigenvalue weighted by Crippen LogP contribution is -2.03.